The molecule has 5 fully saturated rings. The predicted molar refractivity (Wildman–Crippen MR) is 101 cm³/mol. The number of carbonyl (C=O) groups excluding carboxylic acids is 2. The molecule has 4 bridgehead atoms. The fraction of sp³-hybridized carbons (Fsp3) is 0.700. The van der Waals surface area contributed by atoms with E-state index in [1.807, 2.05) is 0 Å². The highest BCUT2D eigenvalue weighted by Crippen LogP contribution is 2.60. The molecule has 5 unspecified atom stereocenters. The molecule has 1 aromatic heterocycles. The molecule has 2 amide bonds. The molecule has 1 aliphatic heterocycles. The van der Waals surface area contributed by atoms with Crippen molar-refractivity contribution >= 4 is 23.6 Å². The molecule has 0 spiro atoms. The summed E-state index contributed by atoms with van der Waals surface area (Å²) in [4.78, 5) is 35.2. The number of nitrogens with zero attached hydrogens (tertiary/aromatic N) is 3. The van der Waals surface area contributed by atoms with E-state index in [-0.39, 0.29) is 41.3 Å². The van der Waals surface area contributed by atoms with E-state index >= 15 is 0 Å². The molecule has 6 rings (SSSR count). The first-order valence-corrected chi connectivity index (χ1v) is 10.5. The molecule has 6 atom stereocenters. The maximum atomic E-state index is 12.8. The fourth-order valence-electron chi connectivity index (χ4n) is 6.33. The lowest BCUT2D eigenvalue weighted by Crippen LogP contribution is -2.59. The van der Waals surface area contributed by atoms with Crippen LogP contribution in [0.5, 0.6) is 0 Å². The first-order valence-electron chi connectivity index (χ1n) is 10.2. The summed E-state index contributed by atoms with van der Waals surface area (Å²) in [6.45, 7) is 1.21. The maximum Gasteiger partial charge on any atom is 0.410 e. The molecule has 1 saturated heterocycles. The molecule has 2 heterocycles. The van der Waals surface area contributed by atoms with Gasteiger partial charge in [-0.25, -0.2) is 14.8 Å². The van der Waals surface area contributed by atoms with Crippen LogP contribution in [0.4, 0.5) is 4.79 Å². The second-order valence-corrected chi connectivity index (χ2v) is 9.59. The van der Waals surface area contributed by atoms with Gasteiger partial charge in [0.25, 0.3) is 0 Å². The van der Waals surface area contributed by atoms with Crippen molar-refractivity contribution in [2.24, 2.45) is 28.9 Å². The third-order valence-corrected chi connectivity index (χ3v) is 7.59. The van der Waals surface area contributed by atoms with Gasteiger partial charge in [-0.05, 0) is 56.3 Å². The molecular weight excluding hydrogens is 380 g/mol. The van der Waals surface area contributed by atoms with Crippen LogP contribution >= 0.6 is 11.6 Å². The summed E-state index contributed by atoms with van der Waals surface area (Å²) in [6, 6.07) is 0. The average molecular weight is 405 g/mol. The number of rotatable bonds is 3. The Morgan fingerprint density at radius 1 is 1.18 bits per heavy atom. The number of nitrogens with two attached hydrogens (primary N) is 1. The summed E-state index contributed by atoms with van der Waals surface area (Å²) in [5.41, 5.74) is 5.39. The highest BCUT2D eigenvalue weighted by molar-refractivity contribution is 6.30. The highest BCUT2D eigenvalue weighted by atomic mass is 35.5. The van der Waals surface area contributed by atoms with Crippen LogP contribution in [-0.4, -0.2) is 46.1 Å². The topological polar surface area (TPSA) is 98.4 Å². The Bertz CT molecular complexity index is 785. The van der Waals surface area contributed by atoms with Gasteiger partial charge < -0.3 is 15.4 Å². The van der Waals surface area contributed by atoms with Crippen LogP contribution < -0.4 is 5.73 Å². The van der Waals surface area contributed by atoms with Crippen LogP contribution in [0.1, 0.15) is 50.3 Å². The lowest BCUT2D eigenvalue weighted by Gasteiger charge is -2.58. The Labute approximate surface area is 169 Å². The van der Waals surface area contributed by atoms with Gasteiger partial charge in [-0.2, -0.15) is 0 Å². The minimum absolute atomic E-state index is 0.0812. The molecule has 2 N–H and O–H groups in total. The molecule has 1 aromatic rings. The number of hydrogen-bond acceptors (Lipinski definition) is 5. The van der Waals surface area contributed by atoms with Crippen molar-refractivity contribution in [2.45, 2.75) is 50.5 Å². The Balaban J connectivity index is 1.23. The van der Waals surface area contributed by atoms with Gasteiger partial charge in [0.05, 0.1) is 10.4 Å². The van der Waals surface area contributed by atoms with Crippen molar-refractivity contribution in [1.29, 1.82) is 0 Å². The van der Waals surface area contributed by atoms with E-state index in [9.17, 15) is 9.59 Å². The van der Waals surface area contributed by atoms with Crippen molar-refractivity contribution in [3.05, 3.63) is 23.2 Å². The fourth-order valence-corrected chi connectivity index (χ4v) is 6.43. The molecule has 0 radical (unpaired) electrons. The first kappa shape index (κ1) is 18.2. The van der Waals surface area contributed by atoms with Crippen molar-refractivity contribution in [3.8, 4) is 0 Å². The Kier molecular flexibility index (Phi) is 4.27. The monoisotopic (exact) mass is 404 g/mol. The van der Waals surface area contributed by atoms with Gasteiger partial charge in [0.1, 0.15) is 11.9 Å². The quantitative estimate of drug-likeness (QED) is 0.835. The van der Waals surface area contributed by atoms with Crippen LogP contribution in [0.3, 0.4) is 0 Å². The maximum absolute atomic E-state index is 12.8. The van der Waals surface area contributed by atoms with Crippen molar-refractivity contribution < 1.29 is 14.3 Å². The summed E-state index contributed by atoms with van der Waals surface area (Å²) in [5, 5.41) is 0.508. The number of aromatic nitrogens is 2. The van der Waals surface area contributed by atoms with E-state index in [1.165, 1.54) is 0 Å². The number of ether oxygens (including phenoxy) is 1. The van der Waals surface area contributed by atoms with E-state index in [2.05, 4.69) is 9.97 Å². The van der Waals surface area contributed by atoms with E-state index in [0.29, 0.717) is 24.0 Å². The SMILES string of the molecule is NC(=O)C12CC3CC(C1)C(OC(=O)N1CCC(c4ncc(Cl)cn4)C1)[C@@H](C3)C2. The van der Waals surface area contributed by atoms with E-state index < -0.39 is 0 Å². The minimum Gasteiger partial charge on any atom is -0.446 e. The summed E-state index contributed by atoms with van der Waals surface area (Å²) in [5.74, 6) is 1.75. The van der Waals surface area contributed by atoms with Gasteiger partial charge in [-0.3, -0.25) is 4.79 Å². The molecule has 5 aliphatic rings. The van der Waals surface area contributed by atoms with Crippen LogP contribution in [0.2, 0.25) is 5.02 Å². The third kappa shape index (κ3) is 2.95. The predicted octanol–water partition coefficient (Wildman–Crippen LogP) is 2.74. The number of hydrogen-bond donors (Lipinski definition) is 1. The Hall–Kier alpha value is -1.89. The molecule has 0 aromatic carbocycles. The minimum atomic E-state index is -0.357. The number of primary amides is 1. The van der Waals surface area contributed by atoms with Crippen molar-refractivity contribution in [3.63, 3.8) is 0 Å². The van der Waals surface area contributed by atoms with Crippen LogP contribution in [0, 0.1) is 23.2 Å². The number of likely N-dealkylation sites (tertiary alicyclic amines) is 1. The summed E-state index contributed by atoms with van der Waals surface area (Å²) in [7, 11) is 0. The number of amides is 2. The lowest BCUT2D eigenvalue weighted by atomic mass is 9.48. The van der Waals surface area contributed by atoms with Gasteiger partial charge in [0, 0.05) is 31.4 Å². The average Bonchev–Trinajstić information content (AvgIpc) is 3.15. The molecule has 8 heteroatoms. The molecule has 7 nitrogen and oxygen atoms in total. The Morgan fingerprint density at radius 3 is 2.50 bits per heavy atom. The van der Waals surface area contributed by atoms with Crippen molar-refractivity contribution in [2.75, 3.05) is 13.1 Å². The third-order valence-electron chi connectivity index (χ3n) is 7.40. The first-order chi connectivity index (χ1) is 13.4. The molecular formula is C20H25ClN4O3. The lowest BCUT2D eigenvalue weighted by molar-refractivity contribution is -0.161. The zero-order valence-electron chi connectivity index (χ0n) is 15.7. The second kappa shape index (κ2) is 6.58. The van der Waals surface area contributed by atoms with Crippen LogP contribution in [-0.2, 0) is 9.53 Å². The van der Waals surface area contributed by atoms with Gasteiger partial charge >= 0.3 is 6.09 Å². The zero-order valence-corrected chi connectivity index (χ0v) is 16.5. The Morgan fingerprint density at radius 2 is 1.86 bits per heavy atom. The van der Waals surface area contributed by atoms with Gasteiger partial charge in [0.15, 0.2) is 0 Å². The summed E-state index contributed by atoms with van der Waals surface area (Å²) >= 11 is 5.86. The molecule has 28 heavy (non-hydrogen) atoms. The number of carbonyl (C=O) groups is 2. The van der Waals surface area contributed by atoms with E-state index in [1.54, 1.807) is 17.3 Å². The van der Waals surface area contributed by atoms with Crippen LogP contribution in [0.25, 0.3) is 0 Å². The molecule has 4 aliphatic carbocycles. The van der Waals surface area contributed by atoms with E-state index in [4.69, 9.17) is 22.1 Å². The van der Waals surface area contributed by atoms with Gasteiger partial charge in [-0.1, -0.05) is 11.6 Å². The largest absolute Gasteiger partial charge is 0.446 e. The van der Waals surface area contributed by atoms with E-state index in [0.717, 1.165) is 44.3 Å². The molecule has 4 saturated carbocycles. The molecule has 150 valence electrons. The second-order valence-electron chi connectivity index (χ2n) is 9.15. The number of halogens is 1. The van der Waals surface area contributed by atoms with Crippen LogP contribution in [0.15, 0.2) is 12.4 Å². The van der Waals surface area contributed by atoms with Crippen molar-refractivity contribution in [1.82, 2.24) is 14.9 Å². The van der Waals surface area contributed by atoms with Gasteiger partial charge in [0.2, 0.25) is 5.91 Å². The van der Waals surface area contributed by atoms with Gasteiger partial charge in [-0.15, -0.1) is 0 Å². The summed E-state index contributed by atoms with van der Waals surface area (Å²) in [6.07, 6.45) is 8.23. The normalized spacial score (nSPS) is 38.6. The highest BCUT2D eigenvalue weighted by Gasteiger charge is 2.59. The standard InChI is InChI=1S/C20H25ClN4O3/c21-15-8-23-17(24-9-15)12-1-2-25(10-12)19(27)28-16-13-3-11-4-14(16)7-20(5-11,6-13)18(22)26/h8-9,11-14,16H,1-7,10H2,(H2,22,26)/t11?,12?,13-,14?,16?,20?/m0/s1. The zero-order chi connectivity index (χ0) is 19.5. The summed E-state index contributed by atoms with van der Waals surface area (Å²) < 4.78 is 6.01. The smallest absolute Gasteiger partial charge is 0.410 e.